The highest BCUT2D eigenvalue weighted by Gasteiger charge is 2.31. The Morgan fingerprint density at radius 1 is 1.09 bits per heavy atom. The highest BCUT2D eigenvalue weighted by Crippen LogP contribution is 2.34. The van der Waals surface area contributed by atoms with Crippen molar-refractivity contribution in [2.45, 2.75) is 92.0 Å². The average Bonchev–Trinajstić information content (AvgIpc) is 3.02. The van der Waals surface area contributed by atoms with Crippen LogP contribution in [0.25, 0.3) is 0 Å². The molecule has 0 bridgehead atoms. The molecule has 1 aromatic carbocycles. The van der Waals surface area contributed by atoms with Crippen LogP contribution in [0, 0.1) is 12.7 Å². The van der Waals surface area contributed by atoms with Crippen LogP contribution in [0.4, 0.5) is 15.0 Å². The molecule has 13 heteroatoms. The van der Waals surface area contributed by atoms with Crippen molar-refractivity contribution >= 4 is 17.8 Å². The molecule has 3 aromatic rings. The first-order chi connectivity index (χ1) is 22.3. The van der Waals surface area contributed by atoms with Crippen LogP contribution < -0.4 is 14.4 Å². The zero-order chi connectivity index (χ0) is 33.9. The summed E-state index contributed by atoms with van der Waals surface area (Å²) in [7, 11) is 0. The number of amides is 2. The van der Waals surface area contributed by atoms with E-state index in [4.69, 9.17) is 14.2 Å². The summed E-state index contributed by atoms with van der Waals surface area (Å²) < 4.78 is 32.5. The van der Waals surface area contributed by atoms with E-state index in [-0.39, 0.29) is 41.3 Å². The molecule has 252 valence electrons. The number of piperidine rings is 1. The Hall–Kier alpha value is -4.55. The number of ether oxygens (including phenoxy) is 3. The summed E-state index contributed by atoms with van der Waals surface area (Å²) in [5, 5.41) is 8.38. The number of aryl methyl sites for hydroxylation is 1. The van der Waals surface area contributed by atoms with Crippen LogP contribution in [0.5, 0.6) is 17.4 Å². The third kappa shape index (κ3) is 8.06. The van der Waals surface area contributed by atoms with E-state index in [9.17, 15) is 14.0 Å². The van der Waals surface area contributed by atoms with Crippen LogP contribution in [0.2, 0.25) is 0 Å². The van der Waals surface area contributed by atoms with E-state index in [0.717, 1.165) is 17.0 Å². The van der Waals surface area contributed by atoms with Gasteiger partial charge in [0.15, 0.2) is 11.6 Å². The number of hydrogen-bond acceptors (Lipinski definition) is 10. The van der Waals surface area contributed by atoms with E-state index < -0.39 is 11.4 Å². The van der Waals surface area contributed by atoms with E-state index in [1.807, 2.05) is 47.6 Å². The summed E-state index contributed by atoms with van der Waals surface area (Å²) in [5.74, 6) is 1.22. The Bertz CT molecular complexity index is 1600. The first kappa shape index (κ1) is 33.8. The number of pyridine rings is 1. The van der Waals surface area contributed by atoms with Crippen molar-refractivity contribution in [3.63, 3.8) is 0 Å². The number of carbonyl (C=O) groups is 2. The maximum absolute atomic E-state index is 14.3. The number of halogens is 1. The molecular weight excluding hydrogens is 605 g/mol. The van der Waals surface area contributed by atoms with Gasteiger partial charge in [-0.15, -0.1) is 10.2 Å². The highest BCUT2D eigenvalue weighted by molar-refractivity contribution is 5.97. The fourth-order valence-corrected chi connectivity index (χ4v) is 5.80. The lowest BCUT2D eigenvalue weighted by molar-refractivity contribution is 0.0218. The van der Waals surface area contributed by atoms with Gasteiger partial charge in [0.05, 0.1) is 17.8 Å². The van der Waals surface area contributed by atoms with Gasteiger partial charge in [-0.1, -0.05) is 0 Å². The molecule has 1 saturated heterocycles. The normalized spacial score (nSPS) is 15.3. The van der Waals surface area contributed by atoms with Crippen molar-refractivity contribution in [1.29, 1.82) is 0 Å². The standard InChI is InChI=1S/C34H44FN7O5/c1-8-42(21(2)3)32(43)26-19-23(35)9-10-28(26)46-31-30(37-22(4)38-39-31)40-16-12-24(13-17-40)45-29-11-15-36-27-20-41(18-14-25(27)29)33(44)47-34(5,6)7/h9-11,15,19,21,24H,8,12-14,16-18,20H2,1-7H3. The first-order valence-electron chi connectivity index (χ1n) is 16.2. The number of nitrogens with zero attached hydrogens (tertiary/aromatic N) is 7. The van der Waals surface area contributed by atoms with Crippen LogP contribution in [0.15, 0.2) is 30.5 Å². The van der Waals surface area contributed by atoms with E-state index in [1.54, 1.807) is 22.9 Å². The van der Waals surface area contributed by atoms with E-state index in [0.29, 0.717) is 63.6 Å². The summed E-state index contributed by atoms with van der Waals surface area (Å²) in [6.45, 7) is 15.6. The molecule has 0 radical (unpaired) electrons. The molecule has 47 heavy (non-hydrogen) atoms. The lowest BCUT2D eigenvalue weighted by Crippen LogP contribution is -2.41. The molecule has 12 nitrogen and oxygen atoms in total. The van der Waals surface area contributed by atoms with Crippen molar-refractivity contribution in [2.75, 3.05) is 31.1 Å². The molecule has 0 saturated carbocycles. The second-order valence-electron chi connectivity index (χ2n) is 13.1. The molecule has 2 aliphatic rings. The van der Waals surface area contributed by atoms with Crippen molar-refractivity contribution in [2.24, 2.45) is 0 Å². The third-order valence-corrected chi connectivity index (χ3v) is 8.11. The predicted octanol–water partition coefficient (Wildman–Crippen LogP) is 5.72. The van der Waals surface area contributed by atoms with Gasteiger partial charge in [0.1, 0.15) is 29.0 Å². The Labute approximate surface area is 275 Å². The molecule has 1 fully saturated rings. The molecule has 5 rings (SSSR count). The second-order valence-corrected chi connectivity index (χ2v) is 13.1. The number of rotatable bonds is 8. The Morgan fingerprint density at radius 3 is 2.51 bits per heavy atom. The number of benzene rings is 1. The number of hydrogen-bond donors (Lipinski definition) is 0. The molecule has 2 aromatic heterocycles. The molecule has 0 unspecified atom stereocenters. The van der Waals surface area contributed by atoms with Gasteiger partial charge in [-0.2, -0.15) is 0 Å². The summed E-state index contributed by atoms with van der Waals surface area (Å²) in [6.07, 6.45) is 3.38. The highest BCUT2D eigenvalue weighted by atomic mass is 19.1. The van der Waals surface area contributed by atoms with Crippen LogP contribution in [0.3, 0.4) is 0 Å². The molecule has 2 aliphatic heterocycles. The summed E-state index contributed by atoms with van der Waals surface area (Å²) in [5.41, 5.74) is 1.38. The second kappa shape index (κ2) is 14.1. The lowest BCUT2D eigenvalue weighted by atomic mass is 10.0. The van der Waals surface area contributed by atoms with Gasteiger partial charge < -0.3 is 28.9 Å². The Balaban J connectivity index is 1.27. The average molecular weight is 650 g/mol. The topological polar surface area (TPSA) is 123 Å². The molecule has 0 spiro atoms. The molecule has 0 N–H and O–H groups in total. The zero-order valence-electron chi connectivity index (χ0n) is 28.2. The van der Waals surface area contributed by atoms with Crippen molar-refractivity contribution in [3.05, 3.63) is 58.9 Å². The molecule has 0 aliphatic carbocycles. The minimum absolute atomic E-state index is 0.0423. The number of carbonyl (C=O) groups excluding carboxylic acids is 2. The molecule has 2 amide bonds. The smallest absolute Gasteiger partial charge is 0.410 e. The Kier molecular flexibility index (Phi) is 10.1. The largest absolute Gasteiger partial charge is 0.490 e. The van der Waals surface area contributed by atoms with Crippen LogP contribution in [0.1, 0.15) is 81.8 Å². The van der Waals surface area contributed by atoms with Gasteiger partial charge in [0.2, 0.25) is 0 Å². The van der Waals surface area contributed by atoms with Crippen LogP contribution in [-0.2, 0) is 17.7 Å². The van der Waals surface area contributed by atoms with Crippen LogP contribution in [-0.4, -0.2) is 85.9 Å². The Morgan fingerprint density at radius 2 is 1.83 bits per heavy atom. The van der Waals surface area contributed by atoms with Crippen molar-refractivity contribution < 1.29 is 28.2 Å². The summed E-state index contributed by atoms with van der Waals surface area (Å²) in [4.78, 5) is 40.6. The monoisotopic (exact) mass is 649 g/mol. The van der Waals surface area contributed by atoms with Gasteiger partial charge in [-0.05, 0) is 79.2 Å². The van der Waals surface area contributed by atoms with Crippen molar-refractivity contribution in [1.82, 2.24) is 30.0 Å². The summed E-state index contributed by atoms with van der Waals surface area (Å²) >= 11 is 0. The van der Waals surface area contributed by atoms with Gasteiger partial charge in [0.25, 0.3) is 11.8 Å². The maximum Gasteiger partial charge on any atom is 0.410 e. The van der Waals surface area contributed by atoms with Gasteiger partial charge >= 0.3 is 6.09 Å². The SMILES string of the molecule is CCN(C(=O)c1cc(F)ccc1Oc1nnc(C)nc1N1CCC(Oc2ccnc3c2CCN(C(=O)OC(C)(C)C)C3)CC1)C(C)C. The molecule has 0 atom stereocenters. The molecular formula is C34H44FN7O5. The van der Waals surface area contributed by atoms with E-state index in [2.05, 4.69) is 25.1 Å². The maximum atomic E-state index is 14.3. The number of fused-ring (bicyclic) bond motifs is 1. The fraction of sp³-hybridized carbons (Fsp3) is 0.529. The van der Waals surface area contributed by atoms with Gasteiger partial charge in [-0.3, -0.25) is 9.78 Å². The number of aromatic nitrogens is 4. The van der Waals surface area contributed by atoms with Crippen LogP contribution >= 0.6 is 0 Å². The van der Waals surface area contributed by atoms with Gasteiger partial charge in [0, 0.05) is 56.8 Å². The minimum Gasteiger partial charge on any atom is -0.490 e. The van der Waals surface area contributed by atoms with E-state index >= 15 is 0 Å². The zero-order valence-corrected chi connectivity index (χ0v) is 28.2. The number of anilines is 1. The fourth-order valence-electron chi connectivity index (χ4n) is 5.80. The quantitative estimate of drug-likeness (QED) is 0.300. The minimum atomic E-state index is -0.564. The molecule has 4 heterocycles. The summed E-state index contributed by atoms with van der Waals surface area (Å²) in [6, 6.07) is 5.69. The predicted molar refractivity (Wildman–Crippen MR) is 173 cm³/mol. The van der Waals surface area contributed by atoms with Gasteiger partial charge in [-0.25, -0.2) is 14.2 Å². The van der Waals surface area contributed by atoms with E-state index in [1.165, 1.54) is 18.2 Å². The van der Waals surface area contributed by atoms with Crippen molar-refractivity contribution in [3.8, 4) is 17.4 Å². The first-order valence-corrected chi connectivity index (χ1v) is 16.2. The third-order valence-electron chi connectivity index (χ3n) is 8.11. The lowest BCUT2D eigenvalue weighted by Gasteiger charge is -2.35.